The molecule has 1 atom stereocenters. The van der Waals surface area contributed by atoms with Gasteiger partial charge in [0.05, 0.1) is 12.2 Å². The highest BCUT2D eigenvalue weighted by atomic mass is 127. The van der Waals surface area contributed by atoms with E-state index < -0.39 is 0 Å². The Morgan fingerprint density at radius 1 is 1.50 bits per heavy atom. The molecule has 1 aliphatic heterocycles. The van der Waals surface area contributed by atoms with Gasteiger partial charge in [-0.3, -0.25) is 4.79 Å². The van der Waals surface area contributed by atoms with Crippen molar-refractivity contribution in [3.05, 3.63) is 27.3 Å². The van der Waals surface area contributed by atoms with E-state index in [0.29, 0.717) is 6.61 Å². The van der Waals surface area contributed by atoms with E-state index in [1.807, 2.05) is 18.2 Å². The first-order valence-electron chi connectivity index (χ1n) is 5.69. The lowest BCUT2D eigenvalue weighted by atomic mass is 9.91. The van der Waals surface area contributed by atoms with Crippen LogP contribution in [0.2, 0.25) is 0 Å². The summed E-state index contributed by atoms with van der Waals surface area (Å²) in [6.07, 6.45) is 2.86. The van der Waals surface area contributed by atoms with Crippen LogP contribution in [0.4, 0.5) is 0 Å². The number of carbonyl (C=O) groups excluding carboxylic acids is 1. The Bertz CT molecular complexity index is 401. The molecule has 0 radical (unpaired) electrons. The summed E-state index contributed by atoms with van der Waals surface area (Å²) in [7, 11) is 0. The average Bonchev–Trinajstić information content (AvgIpc) is 2.40. The molecule has 2 rings (SSSR count). The summed E-state index contributed by atoms with van der Waals surface area (Å²) in [4.78, 5) is 12.3. The fraction of sp³-hybridized carbons (Fsp3) is 0.462. The third kappa shape index (κ3) is 2.39. The maximum absolute atomic E-state index is 12.3. The van der Waals surface area contributed by atoms with Crippen molar-refractivity contribution in [3.8, 4) is 5.75 Å². The standard InChI is InChI=1S/C13H15IO2/c1-2-3-9-6-7-16-12-8-10(14)4-5-11(12)13(9)15/h4-5,8-9H,2-3,6-7H2,1H3. The van der Waals surface area contributed by atoms with Gasteiger partial charge in [0, 0.05) is 9.49 Å². The van der Waals surface area contributed by atoms with Crippen molar-refractivity contribution in [1.82, 2.24) is 0 Å². The van der Waals surface area contributed by atoms with Gasteiger partial charge in [-0.2, -0.15) is 0 Å². The van der Waals surface area contributed by atoms with Gasteiger partial charge in [0.1, 0.15) is 5.75 Å². The van der Waals surface area contributed by atoms with Crippen LogP contribution in [0.15, 0.2) is 18.2 Å². The molecule has 86 valence electrons. The van der Waals surface area contributed by atoms with Crippen LogP contribution in [-0.2, 0) is 0 Å². The molecule has 1 aliphatic rings. The molecule has 3 heteroatoms. The largest absolute Gasteiger partial charge is 0.493 e. The highest BCUT2D eigenvalue weighted by Gasteiger charge is 2.25. The summed E-state index contributed by atoms with van der Waals surface area (Å²) < 4.78 is 6.76. The quantitative estimate of drug-likeness (QED) is 0.774. The van der Waals surface area contributed by atoms with Crippen molar-refractivity contribution in [2.24, 2.45) is 5.92 Å². The summed E-state index contributed by atoms with van der Waals surface area (Å²) in [6, 6.07) is 5.81. The summed E-state index contributed by atoms with van der Waals surface area (Å²) in [5.74, 6) is 1.16. The van der Waals surface area contributed by atoms with E-state index in [1.54, 1.807) is 0 Å². The maximum atomic E-state index is 12.3. The Balaban J connectivity index is 2.33. The summed E-state index contributed by atoms with van der Waals surface area (Å²) >= 11 is 2.24. The van der Waals surface area contributed by atoms with Gasteiger partial charge in [0.15, 0.2) is 5.78 Å². The van der Waals surface area contributed by atoms with Gasteiger partial charge in [0.25, 0.3) is 0 Å². The van der Waals surface area contributed by atoms with Crippen LogP contribution in [0.3, 0.4) is 0 Å². The number of hydrogen-bond acceptors (Lipinski definition) is 2. The van der Waals surface area contributed by atoms with Crippen LogP contribution in [0.5, 0.6) is 5.75 Å². The predicted molar refractivity (Wildman–Crippen MR) is 72.0 cm³/mol. The van der Waals surface area contributed by atoms with Gasteiger partial charge in [-0.05, 0) is 53.6 Å². The minimum absolute atomic E-state index is 0.145. The van der Waals surface area contributed by atoms with Gasteiger partial charge in [-0.15, -0.1) is 0 Å². The van der Waals surface area contributed by atoms with Crippen LogP contribution < -0.4 is 4.74 Å². The molecule has 1 unspecified atom stereocenters. The first-order chi connectivity index (χ1) is 7.72. The lowest BCUT2D eigenvalue weighted by Gasteiger charge is -2.10. The zero-order valence-corrected chi connectivity index (χ0v) is 11.5. The lowest BCUT2D eigenvalue weighted by molar-refractivity contribution is 0.0908. The number of rotatable bonds is 2. The van der Waals surface area contributed by atoms with E-state index in [4.69, 9.17) is 4.74 Å². The second-order valence-corrected chi connectivity index (χ2v) is 5.37. The van der Waals surface area contributed by atoms with E-state index in [1.165, 1.54) is 0 Å². The fourth-order valence-electron chi connectivity index (χ4n) is 2.11. The molecule has 0 aliphatic carbocycles. The molecule has 0 aromatic heterocycles. The number of carbonyl (C=O) groups is 1. The number of hydrogen-bond donors (Lipinski definition) is 0. The molecule has 0 bridgehead atoms. The Hall–Kier alpha value is -0.580. The second-order valence-electron chi connectivity index (χ2n) is 4.13. The van der Waals surface area contributed by atoms with E-state index >= 15 is 0 Å². The normalized spacial score (nSPS) is 19.9. The zero-order valence-electron chi connectivity index (χ0n) is 9.33. The van der Waals surface area contributed by atoms with Crippen LogP contribution in [-0.4, -0.2) is 12.4 Å². The van der Waals surface area contributed by atoms with Crippen molar-refractivity contribution in [1.29, 1.82) is 0 Å². The lowest BCUT2D eigenvalue weighted by Crippen LogP contribution is -2.13. The molecule has 0 saturated heterocycles. The number of ether oxygens (including phenoxy) is 1. The van der Waals surface area contributed by atoms with Crippen molar-refractivity contribution < 1.29 is 9.53 Å². The number of Topliss-reactive ketones (excluding diaryl/α,β-unsaturated/α-hetero) is 1. The Morgan fingerprint density at radius 3 is 3.06 bits per heavy atom. The third-order valence-electron chi connectivity index (χ3n) is 2.94. The molecule has 2 nitrogen and oxygen atoms in total. The monoisotopic (exact) mass is 330 g/mol. The average molecular weight is 330 g/mol. The van der Waals surface area contributed by atoms with Crippen molar-refractivity contribution in [2.75, 3.05) is 6.61 Å². The second kappa shape index (κ2) is 5.17. The van der Waals surface area contributed by atoms with Gasteiger partial charge >= 0.3 is 0 Å². The minimum Gasteiger partial charge on any atom is -0.493 e. The van der Waals surface area contributed by atoms with Crippen molar-refractivity contribution >= 4 is 28.4 Å². The SMILES string of the molecule is CCCC1CCOc2cc(I)ccc2C1=O. The molecular formula is C13H15IO2. The summed E-state index contributed by atoms with van der Waals surface area (Å²) in [5.41, 5.74) is 0.761. The highest BCUT2D eigenvalue weighted by molar-refractivity contribution is 14.1. The summed E-state index contributed by atoms with van der Waals surface area (Å²) in [6.45, 7) is 2.78. The molecule has 0 amide bonds. The highest BCUT2D eigenvalue weighted by Crippen LogP contribution is 2.30. The molecular weight excluding hydrogens is 315 g/mol. The van der Waals surface area contributed by atoms with Gasteiger partial charge in [0.2, 0.25) is 0 Å². The van der Waals surface area contributed by atoms with E-state index in [0.717, 1.165) is 34.1 Å². The van der Waals surface area contributed by atoms with Gasteiger partial charge in [-0.1, -0.05) is 13.3 Å². The first-order valence-corrected chi connectivity index (χ1v) is 6.76. The van der Waals surface area contributed by atoms with E-state index in [2.05, 4.69) is 29.5 Å². The molecule has 1 heterocycles. The van der Waals surface area contributed by atoms with E-state index in [9.17, 15) is 4.79 Å². The molecule has 0 spiro atoms. The van der Waals surface area contributed by atoms with Crippen LogP contribution in [0, 0.1) is 9.49 Å². The molecule has 0 saturated carbocycles. The maximum Gasteiger partial charge on any atom is 0.169 e. The summed E-state index contributed by atoms with van der Waals surface area (Å²) in [5, 5.41) is 0. The fourth-order valence-corrected chi connectivity index (χ4v) is 2.57. The molecule has 0 N–H and O–H groups in total. The van der Waals surface area contributed by atoms with Gasteiger partial charge in [-0.25, -0.2) is 0 Å². The minimum atomic E-state index is 0.145. The number of benzene rings is 1. The third-order valence-corrected chi connectivity index (χ3v) is 3.61. The Labute approximate surface area is 110 Å². The van der Waals surface area contributed by atoms with E-state index in [-0.39, 0.29) is 11.7 Å². The number of halogens is 1. The molecule has 0 fully saturated rings. The van der Waals surface area contributed by atoms with Crippen molar-refractivity contribution in [3.63, 3.8) is 0 Å². The van der Waals surface area contributed by atoms with Crippen LogP contribution in [0.1, 0.15) is 36.5 Å². The van der Waals surface area contributed by atoms with Crippen molar-refractivity contribution in [2.45, 2.75) is 26.2 Å². The topological polar surface area (TPSA) is 26.3 Å². The Morgan fingerprint density at radius 2 is 2.31 bits per heavy atom. The first kappa shape index (κ1) is 11.9. The molecule has 1 aromatic carbocycles. The van der Waals surface area contributed by atoms with Crippen LogP contribution >= 0.6 is 22.6 Å². The molecule has 16 heavy (non-hydrogen) atoms. The zero-order chi connectivity index (χ0) is 11.5. The molecule has 1 aromatic rings. The number of ketones is 1. The van der Waals surface area contributed by atoms with Crippen LogP contribution in [0.25, 0.3) is 0 Å². The Kier molecular flexibility index (Phi) is 3.84. The number of fused-ring (bicyclic) bond motifs is 1. The smallest absolute Gasteiger partial charge is 0.169 e. The van der Waals surface area contributed by atoms with Gasteiger partial charge < -0.3 is 4.74 Å². The predicted octanol–water partition coefficient (Wildman–Crippen LogP) is 3.67.